The van der Waals surface area contributed by atoms with E-state index in [-0.39, 0.29) is 5.91 Å². The first kappa shape index (κ1) is 16.8. The van der Waals surface area contributed by atoms with Crippen molar-refractivity contribution in [2.24, 2.45) is 0 Å². The lowest BCUT2D eigenvalue weighted by atomic mass is 10.0. The molecule has 0 unspecified atom stereocenters. The van der Waals surface area contributed by atoms with Gasteiger partial charge in [0.1, 0.15) is 5.75 Å². The molecule has 1 aromatic heterocycles. The Bertz CT molecular complexity index is 704. The second kappa shape index (κ2) is 7.70. The number of carbonyl (C=O) groups is 1. The van der Waals surface area contributed by atoms with E-state index in [9.17, 15) is 4.79 Å². The fourth-order valence-electron chi connectivity index (χ4n) is 2.82. The molecule has 1 aliphatic rings. The fraction of sp³-hybridized carbons (Fsp3) is 0.471. The third kappa shape index (κ3) is 3.90. The van der Waals surface area contributed by atoms with Crippen LogP contribution in [-0.2, 0) is 4.79 Å². The van der Waals surface area contributed by atoms with Crippen molar-refractivity contribution in [3.63, 3.8) is 0 Å². The molecule has 128 valence electrons. The number of thioether (sulfide) groups is 1. The molecule has 0 radical (unpaired) electrons. The normalized spacial score (nSPS) is 17.8. The Labute approximate surface area is 145 Å². The van der Waals surface area contributed by atoms with Crippen molar-refractivity contribution in [2.75, 3.05) is 19.4 Å². The van der Waals surface area contributed by atoms with Gasteiger partial charge < -0.3 is 14.1 Å². The summed E-state index contributed by atoms with van der Waals surface area (Å²) in [7, 11) is 1.61. The number of aromatic nitrogens is 2. The predicted octanol–water partition coefficient (Wildman–Crippen LogP) is 3.24. The van der Waals surface area contributed by atoms with Crippen LogP contribution in [0.5, 0.6) is 5.75 Å². The fourth-order valence-corrected chi connectivity index (χ4v) is 3.47. The van der Waals surface area contributed by atoms with Gasteiger partial charge in [-0.15, -0.1) is 10.2 Å². The van der Waals surface area contributed by atoms with E-state index < -0.39 is 0 Å². The van der Waals surface area contributed by atoms with Crippen LogP contribution < -0.4 is 4.74 Å². The van der Waals surface area contributed by atoms with E-state index in [4.69, 9.17) is 9.15 Å². The first-order valence-corrected chi connectivity index (χ1v) is 9.06. The van der Waals surface area contributed by atoms with E-state index >= 15 is 0 Å². The number of amides is 1. The van der Waals surface area contributed by atoms with E-state index in [0.29, 0.717) is 22.9 Å². The highest BCUT2D eigenvalue weighted by Gasteiger charge is 2.23. The molecule has 0 spiro atoms. The van der Waals surface area contributed by atoms with Crippen LogP contribution in [-0.4, -0.2) is 46.5 Å². The van der Waals surface area contributed by atoms with Gasteiger partial charge in [0, 0.05) is 18.2 Å². The molecule has 2 heterocycles. The lowest BCUT2D eigenvalue weighted by molar-refractivity contribution is -0.131. The van der Waals surface area contributed by atoms with Gasteiger partial charge in [-0.25, -0.2) is 0 Å². The SMILES string of the molecule is COc1cccc(-c2nnc(SCC(=O)N3CCCC[C@@H]3C)o2)c1. The van der Waals surface area contributed by atoms with Crippen LogP contribution in [0.2, 0.25) is 0 Å². The topological polar surface area (TPSA) is 68.5 Å². The summed E-state index contributed by atoms with van der Waals surface area (Å²) in [6, 6.07) is 7.76. The minimum absolute atomic E-state index is 0.133. The van der Waals surface area contributed by atoms with Gasteiger partial charge in [0.15, 0.2) is 0 Å². The Hall–Kier alpha value is -2.02. The van der Waals surface area contributed by atoms with Crippen molar-refractivity contribution < 1.29 is 13.9 Å². The standard InChI is InChI=1S/C17H21N3O3S/c1-12-6-3-4-9-20(12)15(21)11-24-17-19-18-16(23-17)13-7-5-8-14(10-13)22-2/h5,7-8,10,12H,3-4,6,9,11H2,1-2H3/t12-/m0/s1. The second-order valence-corrected chi connectivity index (χ2v) is 6.75. The van der Waals surface area contributed by atoms with E-state index in [1.54, 1.807) is 7.11 Å². The summed E-state index contributed by atoms with van der Waals surface area (Å²) in [5, 5.41) is 8.48. The molecule has 0 bridgehead atoms. The van der Waals surface area contributed by atoms with Crippen LogP contribution in [0, 0.1) is 0 Å². The first-order chi connectivity index (χ1) is 11.7. The predicted molar refractivity (Wildman–Crippen MR) is 92.0 cm³/mol. The van der Waals surface area contributed by atoms with Crippen LogP contribution >= 0.6 is 11.8 Å². The first-order valence-electron chi connectivity index (χ1n) is 8.07. The number of hydrogen-bond donors (Lipinski definition) is 0. The Morgan fingerprint density at radius 1 is 1.42 bits per heavy atom. The van der Waals surface area contributed by atoms with E-state index in [2.05, 4.69) is 17.1 Å². The summed E-state index contributed by atoms with van der Waals surface area (Å²) in [6.45, 7) is 2.95. The largest absolute Gasteiger partial charge is 0.497 e. The zero-order valence-corrected chi connectivity index (χ0v) is 14.7. The molecule has 1 atom stereocenters. The molecule has 1 aromatic carbocycles. The quantitative estimate of drug-likeness (QED) is 0.774. The van der Waals surface area contributed by atoms with Gasteiger partial charge in [-0.05, 0) is 44.4 Å². The third-order valence-electron chi connectivity index (χ3n) is 4.17. The maximum Gasteiger partial charge on any atom is 0.277 e. The Balaban J connectivity index is 1.60. The van der Waals surface area contributed by atoms with Crippen molar-refractivity contribution in [2.45, 2.75) is 37.5 Å². The van der Waals surface area contributed by atoms with Crippen molar-refractivity contribution in [3.8, 4) is 17.2 Å². The van der Waals surface area contributed by atoms with E-state index in [0.717, 1.165) is 30.7 Å². The number of piperidine rings is 1. The van der Waals surface area contributed by atoms with Gasteiger partial charge in [0.25, 0.3) is 5.22 Å². The molecule has 1 fully saturated rings. The molecule has 1 aliphatic heterocycles. The Kier molecular flexibility index (Phi) is 5.40. The number of methoxy groups -OCH3 is 1. The lowest BCUT2D eigenvalue weighted by Crippen LogP contribution is -2.42. The van der Waals surface area contributed by atoms with Crippen molar-refractivity contribution in [1.82, 2.24) is 15.1 Å². The lowest BCUT2D eigenvalue weighted by Gasteiger charge is -2.33. The van der Waals surface area contributed by atoms with Crippen molar-refractivity contribution in [1.29, 1.82) is 0 Å². The molecular weight excluding hydrogens is 326 g/mol. The van der Waals surface area contributed by atoms with Crippen LogP contribution in [0.1, 0.15) is 26.2 Å². The highest BCUT2D eigenvalue weighted by Crippen LogP contribution is 2.26. The smallest absolute Gasteiger partial charge is 0.277 e. The minimum atomic E-state index is 0.133. The number of rotatable bonds is 5. The van der Waals surface area contributed by atoms with Crippen LogP contribution in [0.4, 0.5) is 0 Å². The van der Waals surface area contributed by atoms with Gasteiger partial charge in [0.05, 0.1) is 12.9 Å². The van der Waals surface area contributed by atoms with Crippen LogP contribution in [0.3, 0.4) is 0 Å². The van der Waals surface area contributed by atoms with E-state index in [1.165, 1.54) is 18.2 Å². The van der Waals surface area contributed by atoms with Crippen LogP contribution in [0.15, 0.2) is 33.9 Å². The number of ether oxygens (including phenoxy) is 1. The number of nitrogens with zero attached hydrogens (tertiary/aromatic N) is 3. The molecule has 1 amide bonds. The summed E-state index contributed by atoms with van der Waals surface area (Å²) in [4.78, 5) is 14.3. The third-order valence-corrected chi connectivity index (χ3v) is 4.97. The molecule has 6 nitrogen and oxygen atoms in total. The summed E-state index contributed by atoms with van der Waals surface area (Å²) in [6.07, 6.45) is 3.36. The van der Waals surface area contributed by atoms with Gasteiger partial charge in [-0.3, -0.25) is 4.79 Å². The number of hydrogen-bond acceptors (Lipinski definition) is 6. The van der Waals surface area contributed by atoms with Gasteiger partial charge in [0.2, 0.25) is 11.8 Å². The van der Waals surface area contributed by atoms with Gasteiger partial charge in [-0.1, -0.05) is 17.8 Å². The Morgan fingerprint density at radius 2 is 2.29 bits per heavy atom. The van der Waals surface area contributed by atoms with Crippen molar-refractivity contribution >= 4 is 17.7 Å². The molecule has 7 heteroatoms. The highest BCUT2D eigenvalue weighted by atomic mass is 32.2. The zero-order valence-electron chi connectivity index (χ0n) is 13.9. The molecule has 1 saturated heterocycles. The van der Waals surface area contributed by atoms with Gasteiger partial charge in [-0.2, -0.15) is 0 Å². The van der Waals surface area contributed by atoms with Crippen molar-refractivity contribution in [3.05, 3.63) is 24.3 Å². The van der Waals surface area contributed by atoms with Crippen LogP contribution in [0.25, 0.3) is 11.5 Å². The molecule has 2 aromatic rings. The molecule has 3 rings (SSSR count). The summed E-state index contributed by atoms with van der Waals surface area (Å²) in [5.74, 6) is 1.61. The maximum absolute atomic E-state index is 12.3. The zero-order chi connectivity index (χ0) is 16.9. The molecule has 0 aliphatic carbocycles. The Morgan fingerprint density at radius 3 is 3.08 bits per heavy atom. The summed E-state index contributed by atoms with van der Waals surface area (Å²) in [5.41, 5.74) is 0.796. The van der Waals surface area contributed by atoms with E-state index in [1.807, 2.05) is 29.2 Å². The molecule has 0 N–H and O–H groups in total. The molecule has 0 saturated carbocycles. The highest BCUT2D eigenvalue weighted by molar-refractivity contribution is 7.99. The number of likely N-dealkylation sites (tertiary alicyclic amines) is 1. The number of benzene rings is 1. The summed E-state index contributed by atoms with van der Waals surface area (Å²) < 4.78 is 10.8. The average Bonchev–Trinajstić information content (AvgIpc) is 3.09. The monoisotopic (exact) mass is 347 g/mol. The minimum Gasteiger partial charge on any atom is -0.497 e. The summed E-state index contributed by atoms with van der Waals surface area (Å²) >= 11 is 1.29. The van der Waals surface area contributed by atoms with Gasteiger partial charge >= 0.3 is 0 Å². The molecular formula is C17H21N3O3S. The number of carbonyl (C=O) groups excluding carboxylic acids is 1. The molecule has 24 heavy (non-hydrogen) atoms. The maximum atomic E-state index is 12.3. The average molecular weight is 347 g/mol. The second-order valence-electron chi connectivity index (χ2n) is 5.83.